The molecule has 2 N–H and O–H groups in total. The van der Waals surface area contributed by atoms with Crippen LogP contribution in [-0.4, -0.2) is 53.2 Å². The Morgan fingerprint density at radius 2 is 1.62 bits per heavy atom. The first kappa shape index (κ1) is 30.7. The molecule has 1 aromatic carbocycles. The summed E-state index contributed by atoms with van der Waals surface area (Å²) in [4.78, 5) is 7.16. The van der Waals surface area contributed by atoms with Gasteiger partial charge >= 0.3 is 0 Å². The Morgan fingerprint density at radius 3 is 2.24 bits per heavy atom. The smallest absolute Gasteiger partial charge is 0.0922 e. The van der Waals surface area contributed by atoms with Gasteiger partial charge in [0.15, 0.2) is 0 Å². The SMILES string of the molecule is CC(C)(C)C1=CC(C(C)(C)C)C(O)C(/C=N/CCN(Cc2ccccc2)CC2C=C(I)C=C(I)C2O)=C1. The van der Waals surface area contributed by atoms with Crippen molar-refractivity contribution in [1.29, 1.82) is 0 Å². The number of nitrogens with zero attached hydrogens (tertiary/aromatic N) is 2. The van der Waals surface area contributed by atoms with Gasteiger partial charge in [-0.15, -0.1) is 0 Å². The maximum atomic E-state index is 11.2. The lowest BCUT2D eigenvalue weighted by molar-refractivity contribution is 0.100. The standard InChI is InChI=1S/C31H42I2N2O2/c1-30(2,3)24-14-22(28(36)26(16-24)31(4,5)6)18-34-12-13-35(19-21-10-8-7-9-11-21)20-23-15-25(32)17-27(33)29(23)37/h7-11,14-18,23,26,28-29,36-37H,12-13,19-20H2,1-6H3/b34-18+. The molecule has 0 spiro atoms. The quantitative estimate of drug-likeness (QED) is 0.222. The van der Waals surface area contributed by atoms with Gasteiger partial charge in [0, 0.05) is 44.8 Å². The first-order valence-electron chi connectivity index (χ1n) is 13.1. The van der Waals surface area contributed by atoms with Gasteiger partial charge < -0.3 is 10.2 Å². The van der Waals surface area contributed by atoms with Crippen LogP contribution in [0.2, 0.25) is 0 Å². The predicted molar refractivity (Wildman–Crippen MR) is 173 cm³/mol. The number of allylic oxidation sites excluding steroid dienone is 4. The molecule has 0 heterocycles. The van der Waals surface area contributed by atoms with E-state index in [-0.39, 0.29) is 22.7 Å². The fourth-order valence-electron chi connectivity index (χ4n) is 4.77. The Kier molecular flexibility index (Phi) is 10.8. The van der Waals surface area contributed by atoms with E-state index in [9.17, 15) is 10.2 Å². The third-order valence-electron chi connectivity index (χ3n) is 7.07. The van der Waals surface area contributed by atoms with Crippen molar-refractivity contribution in [3.8, 4) is 0 Å². The van der Waals surface area contributed by atoms with Gasteiger partial charge in [0.2, 0.25) is 0 Å². The summed E-state index contributed by atoms with van der Waals surface area (Å²) in [6.45, 7) is 16.2. The van der Waals surface area contributed by atoms with Gasteiger partial charge in [-0.25, -0.2) is 0 Å². The van der Waals surface area contributed by atoms with E-state index in [2.05, 4.69) is 134 Å². The number of benzene rings is 1. The van der Waals surface area contributed by atoms with Crippen LogP contribution >= 0.6 is 45.2 Å². The molecule has 1 aromatic rings. The van der Waals surface area contributed by atoms with Crippen LogP contribution in [0.1, 0.15) is 47.1 Å². The third kappa shape index (κ3) is 8.85. The predicted octanol–water partition coefficient (Wildman–Crippen LogP) is 7.12. The van der Waals surface area contributed by atoms with E-state index in [0.29, 0.717) is 6.54 Å². The molecule has 0 aromatic heterocycles. The highest BCUT2D eigenvalue weighted by molar-refractivity contribution is 14.1. The van der Waals surface area contributed by atoms with Gasteiger partial charge in [-0.2, -0.15) is 0 Å². The highest BCUT2D eigenvalue weighted by Crippen LogP contribution is 2.40. The molecule has 6 heteroatoms. The molecule has 0 fully saturated rings. The van der Waals surface area contributed by atoms with E-state index >= 15 is 0 Å². The molecule has 0 saturated carbocycles. The molecule has 2 aliphatic carbocycles. The van der Waals surface area contributed by atoms with Crippen LogP contribution in [0.15, 0.2) is 77.9 Å². The summed E-state index contributed by atoms with van der Waals surface area (Å²) in [5.41, 5.74) is 3.35. The zero-order chi connectivity index (χ0) is 27.4. The molecule has 4 unspecified atom stereocenters. The number of hydrogen-bond acceptors (Lipinski definition) is 4. The first-order chi connectivity index (χ1) is 17.3. The van der Waals surface area contributed by atoms with E-state index in [0.717, 1.165) is 28.8 Å². The van der Waals surface area contributed by atoms with Gasteiger partial charge in [0.25, 0.3) is 0 Å². The van der Waals surface area contributed by atoms with Crippen LogP contribution in [0.4, 0.5) is 0 Å². The lowest BCUT2D eigenvalue weighted by atomic mass is 9.69. The van der Waals surface area contributed by atoms with Crippen molar-refractivity contribution < 1.29 is 10.2 Å². The topological polar surface area (TPSA) is 56.1 Å². The van der Waals surface area contributed by atoms with E-state index in [1.165, 1.54) is 14.7 Å². The van der Waals surface area contributed by atoms with Gasteiger partial charge in [-0.3, -0.25) is 9.89 Å². The molecule has 3 rings (SSSR count). The molecule has 0 aliphatic heterocycles. The Bertz CT molecular complexity index is 1070. The molecule has 202 valence electrons. The van der Waals surface area contributed by atoms with Crippen molar-refractivity contribution in [1.82, 2.24) is 4.90 Å². The van der Waals surface area contributed by atoms with Gasteiger partial charge in [0.1, 0.15) is 0 Å². The Hall–Kier alpha value is -0.810. The molecule has 37 heavy (non-hydrogen) atoms. The Balaban J connectivity index is 1.74. The lowest BCUT2D eigenvalue weighted by Gasteiger charge is -2.38. The normalized spacial score (nSPS) is 25.2. The van der Waals surface area contributed by atoms with Crippen LogP contribution in [0.25, 0.3) is 0 Å². The van der Waals surface area contributed by atoms with Crippen LogP contribution < -0.4 is 0 Å². The highest BCUT2D eigenvalue weighted by Gasteiger charge is 2.35. The summed E-state index contributed by atoms with van der Waals surface area (Å²) in [5, 5.41) is 22.0. The van der Waals surface area contributed by atoms with E-state index in [4.69, 9.17) is 4.99 Å². The average Bonchev–Trinajstić information content (AvgIpc) is 2.79. The van der Waals surface area contributed by atoms with Crippen molar-refractivity contribution >= 4 is 51.4 Å². The summed E-state index contributed by atoms with van der Waals surface area (Å²) >= 11 is 4.58. The van der Waals surface area contributed by atoms with Crippen molar-refractivity contribution in [2.75, 3.05) is 19.6 Å². The number of aliphatic imine (C=N–C) groups is 1. The summed E-state index contributed by atoms with van der Waals surface area (Å²) in [6.07, 6.45) is 9.44. The zero-order valence-corrected chi connectivity index (χ0v) is 27.3. The molecular formula is C31H42I2N2O2. The zero-order valence-electron chi connectivity index (χ0n) is 23.0. The summed E-state index contributed by atoms with van der Waals surface area (Å²) in [7, 11) is 0. The van der Waals surface area contributed by atoms with Crippen LogP contribution in [0, 0.1) is 22.7 Å². The Labute approximate surface area is 251 Å². The van der Waals surface area contributed by atoms with Gasteiger partial charge in [0.05, 0.1) is 18.8 Å². The summed E-state index contributed by atoms with van der Waals surface area (Å²) in [6, 6.07) is 10.5. The minimum atomic E-state index is -0.561. The van der Waals surface area contributed by atoms with Gasteiger partial charge in [-0.1, -0.05) is 90.1 Å². The second kappa shape index (κ2) is 13.0. The number of halogens is 2. The monoisotopic (exact) mass is 728 g/mol. The highest BCUT2D eigenvalue weighted by atomic mass is 127. The fraction of sp³-hybridized carbons (Fsp3) is 0.516. The van der Waals surface area contributed by atoms with Crippen molar-refractivity contribution in [2.24, 2.45) is 27.7 Å². The second-order valence-corrected chi connectivity index (χ2v) is 14.8. The van der Waals surface area contributed by atoms with E-state index in [1.807, 2.05) is 18.4 Å². The molecular weight excluding hydrogens is 686 g/mol. The second-order valence-electron chi connectivity index (χ2n) is 12.3. The number of hydrogen-bond donors (Lipinski definition) is 2. The summed E-state index contributed by atoms with van der Waals surface area (Å²) in [5.74, 6) is 0.0896. The van der Waals surface area contributed by atoms with E-state index in [1.54, 1.807) is 0 Å². The molecule has 0 saturated heterocycles. The third-order valence-corrected chi connectivity index (χ3v) is 8.69. The van der Waals surface area contributed by atoms with Crippen molar-refractivity contribution in [3.63, 3.8) is 0 Å². The molecule has 0 radical (unpaired) electrons. The lowest BCUT2D eigenvalue weighted by Crippen LogP contribution is -2.37. The fourth-order valence-corrected chi connectivity index (χ4v) is 6.96. The summed E-state index contributed by atoms with van der Waals surface area (Å²) < 4.78 is 2.16. The number of aliphatic hydroxyl groups excluding tert-OH is 2. The van der Waals surface area contributed by atoms with E-state index < -0.39 is 12.2 Å². The maximum Gasteiger partial charge on any atom is 0.0922 e. The molecule has 2 aliphatic rings. The van der Waals surface area contributed by atoms with Crippen LogP contribution in [0.3, 0.4) is 0 Å². The Morgan fingerprint density at radius 1 is 0.946 bits per heavy atom. The minimum Gasteiger partial charge on any atom is -0.388 e. The van der Waals surface area contributed by atoms with Gasteiger partial charge in [-0.05, 0) is 78.8 Å². The molecule has 0 bridgehead atoms. The molecule has 4 nitrogen and oxygen atoms in total. The maximum absolute atomic E-state index is 11.2. The van der Waals surface area contributed by atoms with Crippen molar-refractivity contribution in [3.05, 3.63) is 78.5 Å². The number of rotatable bonds is 8. The van der Waals surface area contributed by atoms with Crippen LogP contribution in [-0.2, 0) is 6.54 Å². The largest absolute Gasteiger partial charge is 0.388 e. The minimum absolute atomic E-state index is 0.00698. The molecule has 0 amide bonds. The first-order valence-corrected chi connectivity index (χ1v) is 15.2. The molecule has 4 atom stereocenters. The van der Waals surface area contributed by atoms with Crippen LogP contribution in [0.5, 0.6) is 0 Å². The van der Waals surface area contributed by atoms with Crippen molar-refractivity contribution in [2.45, 2.75) is 60.3 Å². The number of aliphatic hydroxyl groups is 2. The average molecular weight is 728 g/mol.